The van der Waals surface area contributed by atoms with Crippen molar-refractivity contribution in [3.8, 4) is 5.75 Å². The summed E-state index contributed by atoms with van der Waals surface area (Å²) in [5, 5.41) is 3.64. The summed E-state index contributed by atoms with van der Waals surface area (Å²) >= 11 is 6.20. The fraction of sp³-hybridized carbons (Fsp3) is 0.409. The number of halogens is 1. The molecule has 0 spiro atoms. The third-order valence-corrected chi connectivity index (χ3v) is 5.81. The van der Waals surface area contributed by atoms with Gasteiger partial charge in [0.25, 0.3) is 0 Å². The zero-order chi connectivity index (χ0) is 19.5. The first-order chi connectivity index (χ1) is 13.6. The summed E-state index contributed by atoms with van der Waals surface area (Å²) in [7, 11) is 0. The van der Waals surface area contributed by atoms with Crippen LogP contribution in [0.3, 0.4) is 0 Å². The highest BCUT2D eigenvalue weighted by Crippen LogP contribution is 2.33. The molecule has 0 atom stereocenters. The average Bonchev–Trinajstić information content (AvgIpc) is 2.71. The molecule has 6 heteroatoms. The summed E-state index contributed by atoms with van der Waals surface area (Å²) in [6, 6.07) is 14.5. The summed E-state index contributed by atoms with van der Waals surface area (Å²) in [5.41, 5.74) is 3.28. The molecule has 1 saturated heterocycles. The van der Waals surface area contributed by atoms with Crippen LogP contribution in [0.15, 0.2) is 42.5 Å². The number of benzene rings is 2. The number of nitrogens with one attached hydrogen (secondary N) is 1. The molecule has 2 heterocycles. The fourth-order valence-electron chi connectivity index (χ4n) is 4.14. The van der Waals surface area contributed by atoms with Crippen molar-refractivity contribution in [3.63, 3.8) is 0 Å². The molecular formula is C22H26ClN3O2. The van der Waals surface area contributed by atoms with E-state index in [1.165, 1.54) is 5.56 Å². The number of ether oxygens (including phenoxy) is 1. The second kappa shape index (κ2) is 8.41. The summed E-state index contributed by atoms with van der Waals surface area (Å²) in [6.45, 7) is 5.93. The van der Waals surface area contributed by atoms with Gasteiger partial charge < -0.3 is 15.0 Å². The molecule has 0 saturated carbocycles. The molecule has 5 nitrogen and oxygen atoms in total. The van der Waals surface area contributed by atoms with Crippen LogP contribution in [0.5, 0.6) is 5.75 Å². The van der Waals surface area contributed by atoms with E-state index in [4.69, 9.17) is 16.3 Å². The van der Waals surface area contributed by atoms with E-state index in [0.29, 0.717) is 24.2 Å². The van der Waals surface area contributed by atoms with Crippen LogP contribution in [0.25, 0.3) is 0 Å². The Bertz CT molecular complexity index is 849. The van der Waals surface area contributed by atoms with Gasteiger partial charge in [0.1, 0.15) is 5.75 Å². The van der Waals surface area contributed by atoms with Crippen LogP contribution in [0, 0.1) is 0 Å². The number of carbonyl (C=O) groups is 1. The van der Waals surface area contributed by atoms with Gasteiger partial charge in [-0.05, 0) is 49.6 Å². The van der Waals surface area contributed by atoms with Gasteiger partial charge in [-0.1, -0.05) is 29.8 Å². The number of nitrogens with zero attached hydrogens (tertiary/aromatic N) is 2. The Morgan fingerprint density at radius 1 is 1.18 bits per heavy atom. The highest BCUT2D eigenvalue weighted by molar-refractivity contribution is 6.32. The lowest BCUT2D eigenvalue weighted by Gasteiger charge is -2.41. The van der Waals surface area contributed by atoms with Gasteiger partial charge in [-0.2, -0.15) is 0 Å². The first-order valence-corrected chi connectivity index (χ1v) is 10.3. The quantitative estimate of drug-likeness (QED) is 0.819. The molecule has 1 amide bonds. The van der Waals surface area contributed by atoms with Crippen molar-refractivity contribution in [1.82, 2.24) is 4.90 Å². The summed E-state index contributed by atoms with van der Waals surface area (Å²) in [6.07, 6.45) is 2.10. The molecule has 2 aromatic carbocycles. The van der Waals surface area contributed by atoms with E-state index in [1.54, 1.807) is 0 Å². The summed E-state index contributed by atoms with van der Waals surface area (Å²) < 4.78 is 5.61. The molecule has 2 aromatic rings. The molecule has 148 valence electrons. The second-order valence-electron chi connectivity index (χ2n) is 7.40. The molecular weight excluding hydrogens is 374 g/mol. The Balaban J connectivity index is 1.39. The molecule has 4 rings (SSSR count). The maximum atomic E-state index is 12.1. The lowest BCUT2D eigenvalue weighted by atomic mass is 10.00. The van der Waals surface area contributed by atoms with Crippen molar-refractivity contribution < 1.29 is 9.53 Å². The molecule has 0 aliphatic carbocycles. The van der Waals surface area contributed by atoms with Gasteiger partial charge in [0.05, 0.1) is 29.5 Å². The van der Waals surface area contributed by atoms with Crippen LogP contribution < -0.4 is 15.0 Å². The van der Waals surface area contributed by atoms with E-state index in [9.17, 15) is 4.79 Å². The van der Waals surface area contributed by atoms with Gasteiger partial charge in [-0.15, -0.1) is 0 Å². The number of amides is 1. The van der Waals surface area contributed by atoms with Crippen LogP contribution in [0.2, 0.25) is 5.02 Å². The number of hydrogen-bond acceptors (Lipinski definition) is 4. The van der Waals surface area contributed by atoms with Crippen LogP contribution in [-0.4, -0.2) is 43.1 Å². The Hall–Kier alpha value is -2.24. The lowest BCUT2D eigenvalue weighted by Crippen LogP contribution is -2.49. The van der Waals surface area contributed by atoms with E-state index < -0.39 is 0 Å². The number of hydrogen-bond donors (Lipinski definition) is 1. The SMILES string of the molecule is CCOc1cc(CN2CCC(N3CC(=O)Nc4ccccc43)CC2)ccc1Cl. The zero-order valence-electron chi connectivity index (χ0n) is 16.2. The third kappa shape index (κ3) is 4.10. The lowest BCUT2D eigenvalue weighted by molar-refractivity contribution is -0.115. The summed E-state index contributed by atoms with van der Waals surface area (Å²) in [4.78, 5) is 16.9. The van der Waals surface area contributed by atoms with Crippen molar-refractivity contribution >= 4 is 28.9 Å². The van der Waals surface area contributed by atoms with Crippen molar-refractivity contribution in [2.45, 2.75) is 32.4 Å². The van der Waals surface area contributed by atoms with Crippen molar-refractivity contribution in [3.05, 3.63) is 53.1 Å². The van der Waals surface area contributed by atoms with Crippen LogP contribution in [-0.2, 0) is 11.3 Å². The molecule has 0 unspecified atom stereocenters. The van der Waals surface area contributed by atoms with Crippen LogP contribution in [0.1, 0.15) is 25.3 Å². The van der Waals surface area contributed by atoms with Crippen molar-refractivity contribution in [2.75, 3.05) is 36.5 Å². The van der Waals surface area contributed by atoms with E-state index in [0.717, 1.165) is 49.6 Å². The molecule has 0 radical (unpaired) electrons. The normalized spacial score (nSPS) is 17.9. The minimum absolute atomic E-state index is 0.0748. The number of fused-ring (bicyclic) bond motifs is 1. The number of para-hydroxylation sites is 2. The largest absolute Gasteiger partial charge is 0.492 e. The number of carbonyl (C=O) groups excluding carboxylic acids is 1. The van der Waals surface area contributed by atoms with Gasteiger partial charge in [-0.25, -0.2) is 0 Å². The Morgan fingerprint density at radius 2 is 1.96 bits per heavy atom. The topological polar surface area (TPSA) is 44.8 Å². The van der Waals surface area contributed by atoms with Gasteiger partial charge in [0.15, 0.2) is 0 Å². The van der Waals surface area contributed by atoms with Crippen molar-refractivity contribution in [1.29, 1.82) is 0 Å². The fourth-order valence-corrected chi connectivity index (χ4v) is 4.32. The predicted molar refractivity (Wildman–Crippen MR) is 113 cm³/mol. The first-order valence-electron chi connectivity index (χ1n) is 9.93. The Morgan fingerprint density at radius 3 is 2.75 bits per heavy atom. The number of likely N-dealkylation sites (tertiary alicyclic amines) is 1. The maximum absolute atomic E-state index is 12.1. The average molecular weight is 400 g/mol. The maximum Gasteiger partial charge on any atom is 0.243 e. The Labute approximate surface area is 171 Å². The molecule has 1 fully saturated rings. The zero-order valence-corrected chi connectivity index (χ0v) is 16.9. The van der Waals surface area contributed by atoms with E-state index in [-0.39, 0.29) is 5.91 Å². The highest BCUT2D eigenvalue weighted by Gasteiger charge is 2.30. The van der Waals surface area contributed by atoms with Gasteiger partial charge in [0.2, 0.25) is 5.91 Å². The van der Waals surface area contributed by atoms with E-state index in [2.05, 4.69) is 27.2 Å². The minimum atomic E-state index is 0.0748. The Kier molecular flexibility index (Phi) is 5.74. The molecule has 2 aliphatic rings. The molecule has 28 heavy (non-hydrogen) atoms. The van der Waals surface area contributed by atoms with Crippen LogP contribution in [0.4, 0.5) is 11.4 Å². The standard InChI is InChI=1S/C22H26ClN3O2/c1-2-28-21-13-16(7-8-18(21)23)14-25-11-9-17(10-12-25)26-15-22(27)24-19-5-3-4-6-20(19)26/h3-8,13,17H,2,9-12,14-15H2,1H3,(H,24,27). The molecule has 2 aliphatic heterocycles. The minimum Gasteiger partial charge on any atom is -0.492 e. The number of anilines is 2. The van der Waals surface area contributed by atoms with Gasteiger partial charge in [-0.3, -0.25) is 9.69 Å². The molecule has 0 aromatic heterocycles. The predicted octanol–water partition coefficient (Wildman–Crippen LogP) is 4.16. The molecule has 1 N–H and O–H groups in total. The van der Waals surface area contributed by atoms with Crippen LogP contribution >= 0.6 is 11.6 Å². The third-order valence-electron chi connectivity index (χ3n) is 5.50. The van der Waals surface area contributed by atoms with Crippen molar-refractivity contribution in [2.24, 2.45) is 0 Å². The molecule has 0 bridgehead atoms. The second-order valence-corrected chi connectivity index (χ2v) is 7.81. The monoisotopic (exact) mass is 399 g/mol. The smallest absolute Gasteiger partial charge is 0.243 e. The van der Waals surface area contributed by atoms with E-state index in [1.807, 2.05) is 37.3 Å². The number of rotatable bonds is 5. The number of piperidine rings is 1. The highest BCUT2D eigenvalue weighted by atomic mass is 35.5. The summed E-state index contributed by atoms with van der Waals surface area (Å²) in [5.74, 6) is 0.832. The first kappa shape index (κ1) is 19.1. The van der Waals surface area contributed by atoms with E-state index >= 15 is 0 Å². The van der Waals surface area contributed by atoms with Gasteiger partial charge >= 0.3 is 0 Å². The van der Waals surface area contributed by atoms with Gasteiger partial charge in [0, 0.05) is 25.7 Å².